The van der Waals surface area contributed by atoms with Crippen molar-refractivity contribution in [1.29, 1.82) is 0 Å². The maximum Gasteiger partial charge on any atom is 0.156 e. The van der Waals surface area contributed by atoms with Gasteiger partial charge in [0.05, 0.1) is 18.8 Å². The molecule has 0 saturated carbocycles. The Hall–Kier alpha value is -1.49. The molecule has 0 bridgehead atoms. The second kappa shape index (κ2) is 5.29. The quantitative estimate of drug-likeness (QED) is 0.283. The van der Waals surface area contributed by atoms with Gasteiger partial charge in [0, 0.05) is 0 Å². The van der Waals surface area contributed by atoms with Gasteiger partial charge in [0.25, 0.3) is 0 Å². The minimum atomic E-state index is -0.120. The summed E-state index contributed by atoms with van der Waals surface area (Å²) in [6.07, 6.45) is 2.37. The molecule has 1 unspecified atom stereocenters. The van der Waals surface area contributed by atoms with Crippen LogP contribution in [0, 0.1) is 0 Å². The molecule has 0 amide bonds. The van der Waals surface area contributed by atoms with Crippen LogP contribution in [0.15, 0.2) is 28.0 Å². The van der Waals surface area contributed by atoms with Crippen LogP contribution in [0.25, 0.3) is 0 Å². The number of nitrogens with two attached hydrogens (primary N) is 1. The highest BCUT2D eigenvalue weighted by Gasteiger charge is 2.10. The van der Waals surface area contributed by atoms with Crippen LogP contribution in [0.3, 0.4) is 0 Å². The van der Waals surface area contributed by atoms with E-state index in [-0.39, 0.29) is 11.9 Å². The SMILES string of the molecule is CCC(NCc1ccco1)C(N)=NO. The van der Waals surface area contributed by atoms with Crippen molar-refractivity contribution in [2.75, 3.05) is 0 Å². The Morgan fingerprint density at radius 1 is 1.79 bits per heavy atom. The van der Waals surface area contributed by atoms with E-state index in [0.717, 1.165) is 12.2 Å². The Labute approximate surface area is 82.6 Å². The van der Waals surface area contributed by atoms with Crippen LogP contribution in [-0.4, -0.2) is 17.1 Å². The Morgan fingerprint density at radius 3 is 3.07 bits per heavy atom. The molecule has 0 aliphatic rings. The number of nitrogens with one attached hydrogen (secondary N) is 1. The summed E-state index contributed by atoms with van der Waals surface area (Å²) in [5, 5.41) is 14.6. The van der Waals surface area contributed by atoms with E-state index in [2.05, 4.69) is 10.5 Å². The van der Waals surface area contributed by atoms with Crippen molar-refractivity contribution in [2.24, 2.45) is 10.9 Å². The highest BCUT2D eigenvalue weighted by atomic mass is 16.4. The molecule has 1 aromatic rings. The highest BCUT2D eigenvalue weighted by molar-refractivity contribution is 5.85. The molecule has 4 N–H and O–H groups in total. The minimum absolute atomic E-state index is 0.120. The summed E-state index contributed by atoms with van der Waals surface area (Å²) < 4.78 is 5.14. The Morgan fingerprint density at radius 2 is 2.57 bits per heavy atom. The summed E-state index contributed by atoms with van der Waals surface area (Å²) in [4.78, 5) is 0. The zero-order valence-electron chi connectivity index (χ0n) is 8.10. The Kier molecular flexibility index (Phi) is 4.00. The lowest BCUT2D eigenvalue weighted by atomic mass is 10.2. The molecule has 1 atom stereocenters. The molecular weight excluding hydrogens is 182 g/mol. The van der Waals surface area contributed by atoms with E-state index in [1.54, 1.807) is 6.26 Å². The number of oxime groups is 1. The van der Waals surface area contributed by atoms with Gasteiger partial charge in [-0.25, -0.2) is 0 Å². The molecule has 0 saturated heterocycles. The Balaban J connectivity index is 2.42. The van der Waals surface area contributed by atoms with Gasteiger partial charge in [-0.3, -0.25) is 0 Å². The lowest BCUT2D eigenvalue weighted by molar-refractivity contribution is 0.313. The van der Waals surface area contributed by atoms with E-state index >= 15 is 0 Å². The zero-order chi connectivity index (χ0) is 10.4. The topological polar surface area (TPSA) is 83.8 Å². The summed E-state index contributed by atoms with van der Waals surface area (Å²) >= 11 is 0. The average Bonchev–Trinajstić information content (AvgIpc) is 2.71. The van der Waals surface area contributed by atoms with Crippen LogP contribution >= 0.6 is 0 Å². The average molecular weight is 197 g/mol. The van der Waals surface area contributed by atoms with E-state index < -0.39 is 0 Å². The van der Waals surface area contributed by atoms with Gasteiger partial charge in [-0.05, 0) is 18.6 Å². The van der Waals surface area contributed by atoms with Crippen LogP contribution < -0.4 is 11.1 Å². The van der Waals surface area contributed by atoms with Crippen LogP contribution in [-0.2, 0) is 6.54 Å². The molecule has 5 heteroatoms. The summed E-state index contributed by atoms with van der Waals surface area (Å²) in [6, 6.07) is 3.57. The summed E-state index contributed by atoms with van der Waals surface area (Å²) in [7, 11) is 0. The van der Waals surface area contributed by atoms with Crippen LogP contribution in [0.4, 0.5) is 0 Å². The fourth-order valence-corrected chi connectivity index (χ4v) is 1.16. The van der Waals surface area contributed by atoms with Gasteiger partial charge >= 0.3 is 0 Å². The molecule has 0 fully saturated rings. The maximum absolute atomic E-state index is 8.49. The van der Waals surface area contributed by atoms with Gasteiger partial charge in [-0.1, -0.05) is 12.1 Å². The van der Waals surface area contributed by atoms with E-state index in [9.17, 15) is 0 Å². The molecule has 14 heavy (non-hydrogen) atoms. The maximum atomic E-state index is 8.49. The molecule has 0 spiro atoms. The summed E-state index contributed by atoms with van der Waals surface area (Å²) in [6.45, 7) is 2.53. The second-order valence-electron chi connectivity index (χ2n) is 2.95. The monoisotopic (exact) mass is 197 g/mol. The number of furan rings is 1. The van der Waals surface area contributed by atoms with Gasteiger partial charge < -0.3 is 20.7 Å². The first-order valence-electron chi connectivity index (χ1n) is 4.51. The standard InChI is InChI=1S/C9H15N3O2/c1-2-8(9(10)12-13)11-6-7-4-3-5-14-7/h3-5,8,11,13H,2,6H2,1H3,(H2,10,12). The molecule has 0 aliphatic heterocycles. The van der Waals surface area contributed by atoms with Crippen molar-refractivity contribution in [2.45, 2.75) is 25.9 Å². The number of hydrogen-bond donors (Lipinski definition) is 3. The molecule has 0 aromatic carbocycles. The van der Waals surface area contributed by atoms with E-state index in [4.69, 9.17) is 15.4 Å². The third kappa shape index (κ3) is 2.77. The van der Waals surface area contributed by atoms with Crippen LogP contribution in [0.5, 0.6) is 0 Å². The van der Waals surface area contributed by atoms with Crippen molar-refractivity contribution in [1.82, 2.24) is 5.32 Å². The molecule has 1 aromatic heterocycles. The van der Waals surface area contributed by atoms with E-state index in [1.807, 2.05) is 19.1 Å². The molecule has 78 valence electrons. The number of nitrogens with zero attached hydrogens (tertiary/aromatic N) is 1. The molecule has 1 heterocycles. The summed E-state index contributed by atoms with van der Waals surface area (Å²) in [5.74, 6) is 1.02. The number of hydrogen-bond acceptors (Lipinski definition) is 4. The molecule has 0 radical (unpaired) electrons. The third-order valence-electron chi connectivity index (χ3n) is 1.98. The molecule has 1 rings (SSSR count). The first-order chi connectivity index (χ1) is 6.77. The third-order valence-corrected chi connectivity index (χ3v) is 1.98. The van der Waals surface area contributed by atoms with Gasteiger partial charge in [-0.2, -0.15) is 0 Å². The first kappa shape index (κ1) is 10.6. The number of amidine groups is 1. The van der Waals surface area contributed by atoms with Crippen molar-refractivity contribution in [3.8, 4) is 0 Å². The predicted octanol–water partition coefficient (Wildman–Crippen LogP) is 0.894. The predicted molar refractivity (Wildman–Crippen MR) is 53.0 cm³/mol. The van der Waals surface area contributed by atoms with E-state index in [0.29, 0.717) is 6.54 Å². The van der Waals surface area contributed by atoms with Crippen molar-refractivity contribution >= 4 is 5.84 Å². The van der Waals surface area contributed by atoms with Crippen LogP contribution in [0.2, 0.25) is 0 Å². The second-order valence-corrected chi connectivity index (χ2v) is 2.95. The van der Waals surface area contributed by atoms with Gasteiger partial charge in [0.1, 0.15) is 5.76 Å². The normalized spacial score (nSPS) is 14.2. The fourth-order valence-electron chi connectivity index (χ4n) is 1.16. The lowest BCUT2D eigenvalue weighted by Gasteiger charge is -2.13. The number of rotatable bonds is 5. The van der Waals surface area contributed by atoms with E-state index in [1.165, 1.54) is 0 Å². The Bertz CT molecular complexity index is 282. The fraction of sp³-hybridized carbons (Fsp3) is 0.444. The highest BCUT2D eigenvalue weighted by Crippen LogP contribution is 2.00. The lowest BCUT2D eigenvalue weighted by Crippen LogP contribution is -2.40. The smallest absolute Gasteiger partial charge is 0.156 e. The van der Waals surface area contributed by atoms with Gasteiger partial charge in [0.2, 0.25) is 0 Å². The van der Waals surface area contributed by atoms with Crippen LogP contribution in [0.1, 0.15) is 19.1 Å². The molecular formula is C9H15N3O2. The van der Waals surface area contributed by atoms with Crippen molar-refractivity contribution < 1.29 is 9.62 Å². The molecule has 5 nitrogen and oxygen atoms in total. The van der Waals surface area contributed by atoms with Gasteiger partial charge in [0.15, 0.2) is 5.84 Å². The zero-order valence-corrected chi connectivity index (χ0v) is 8.10. The van der Waals surface area contributed by atoms with Crippen molar-refractivity contribution in [3.05, 3.63) is 24.2 Å². The molecule has 0 aliphatic carbocycles. The largest absolute Gasteiger partial charge is 0.468 e. The minimum Gasteiger partial charge on any atom is -0.468 e. The first-order valence-corrected chi connectivity index (χ1v) is 4.51. The van der Waals surface area contributed by atoms with Gasteiger partial charge in [-0.15, -0.1) is 0 Å². The van der Waals surface area contributed by atoms with Crippen molar-refractivity contribution in [3.63, 3.8) is 0 Å². The summed E-state index contributed by atoms with van der Waals surface area (Å²) in [5.41, 5.74) is 5.47.